The first-order valence-corrected chi connectivity index (χ1v) is 10.9. The largest absolute Gasteiger partial charge is 0.368 e. The molecule has 1 aromatic carbocycles. The molecule has 0 atom stereocenters. The molecule has 7 heteroatoms. The normalized spacial score (nSPS) is 19.2. The molecular weight excluding hydrogens is 375 g/mol. The molecule has 1 amide bonds. The summed E-state index contributed by atoms with van der Waals surface area (Å²) in [5.74, 6) is 0.238. The summed E-state index contributed by atoms with van der Waals surface area (Å²) < 4.78 is 13.1. The Morgan fingerprint density at radius 2 is 1.79 bits per heavy atom. The van der Waals surface area contributed by atoms with E-state index in [4.69, 9.17) is 0 Å². The zero-order chi connectivity index (χ0) is 19.5. The van der Waals surface area contributed by atoms with Crippen molar-refractivity contribution in [2.75, 3.05) is 44.2 Å². The van der Waals surface area contributed by atoms with E-state index in [2.05, 4.69) is 20.2 Å². The number of thiazole rings is 1. The Kier molecular flexibility index (Phi) is 5.92. The van der Waals surface area contributed by atoms with Gasteiger partial charge >= 0.3 is 0 Å². The minimum absolute atomic E-state index is 0.144. The van der Waals surface area contributed by atoms with Crippen LogP contribution in [0.1, 0.15) is 23.5 Å². The number of hydrogen-bond donors (Lipinski definition) is 0. The third kappa shape index (κ3) is 4.52. The summed E-state index contributed by atoms with van der Waals surface area (Å²) in [5, 5.41) is 3.24. The molecule has 28 heavy (non-hydrogen) atoms. The van der Waals surface area contributed by atoms with E-state index in [9.17, 15) is 9.18 Å². The van der Waals surface area contributed by atoms with Crippen molar-refractivity contribution >= 4 is 22.9 Å². The quantitative estimate of drug-likeness (QED) is 0.788. The fraction of sp³-hybridized carbons (Fsp3) is 0.524. The SMILES string of the molecule is Cc1nc(CN2CCC(C(=O)N3CCN(c4ccc(F)cc4)CC3)CC2)cs1. The molecule has 2 saturated heterocycles. The third-order valence-corrected chi connectivity index (χ3v) is 6.59. The van der Waals surface area contributed by atoms with Crippen molar-refractivity contribution in [3.63, 3.8) is 0 Å². The third-order valence-electron chi connectivity index (χ3n) is 5.77. The van der Waals surface area contributed by atoms with Crippen molar-refractivity contribution in [3.05, 3.63) is 46.2 Å². The number of carbonyl (C=O) groups is 1. The number of amides is 1. The monoisotopic (exact) mass is 402 g/mol. The zero-order valence-electron chi connectivity index (χ0n) is 16.3. The number of benzene rings is 1. The van der Waals surface area contributed by atoms with E-state index < -0.39 is 0 Å². The fourth-order valence-corrected chi connectivity index (χ4v) is 4.75. The summed E-state index contributed by atoms with van der Waals surface area (Å²) in [6.45, 7) is 7.95. The van der Waals surface area contributed by atoms with E-state index in [1.807, 2.05) is 24.0 Å². The highest BCUT2D eigenvalue weighted by molar-refractivity contribution is 7.09. The molecule has 0 unspecified atom stereocenters. The molecule has 0 bridgehead atoms. The van der Waals surface area contributed by atoms with Gasteiger partial charge in [0, 0.05) is 49.7 Å². The highest BCUT2D eigenvalue weighted by Crippen LogP contribution is 2.23. The molecule has 4 rings (SSSR count). The Bertz CT molecular complexity index is 793. The Morgan fingerprint density at radius 3 is 2.39 bits per heavy atom. The van der Waals surface area contributed by atoms with Crippen LogP contribution >= 0.6 is 11.3 Å². The lowest BCUT2D eigenvalue weighted by molar-refractivity contribution is -0.137. The molecular formula is C21H27FN4OS. The Balaban J connectivity index is 1.24. The van der Waals surface area contributed by atoms with Crippen LogP contribution in [0.5, 0.6) is 0 Å². The van der Waals surface area contributed by atoms with Crippen LogP contribution in [0.3, 0.4) is 0 Å². The van der Waals surface area contributed by atoms with Crippen LogP contribution in [0.4, 0.5) is 10.1 Å². The van der Waals surface area contributed by atoms with Crippen molar-refractivity contribution in [2.45, 2.75) is 26.3 Å². The second-order valence-electron chi connectivity index (χ2n) is 7.70. The van der Waals surface area contributed by atoms with Crippen LogP contribution in [0.15, 0.2) is 29.6 Å². The average Bonchev–Trinajstić information content (AvgIpc) is 3.13. The van der Waals surface area contributed by atoms with Crippen molar-refractivity contribution in [1.82, 2.24) is 14.8 Å². The van der Waals surface area contributed by atoms with Crippen molar-refractivity contribution < 1.29 is 9.18 Å². The predicted octanol–water partition coefficient (Wildman–Crippen LogP) is 3.15. The van der Waals surface area contributed by atoms with Gasteiger partial charge in [-0.05, 0) is 57.1 Å². The number of piperazine rings is 1. The van der Waals surface area contributed by atoms with E-state index in [-0.39, 0.29) is 11.7 Å². The number of hydrogen-bond acceptors (Lipinski definition) is 5. The van der Waals surface area contributed by atoms with E-state index in [1.165, 1.54) is 12.1 Å². The predicted molar refractivity (Wildman–Crippen MR) is 110 cm³/mol. The van der Waals surface area contributed by atoms with Gasteiger partial charge in [-0.3, -0.25) is 9.69 Å². The van der Waals surface area contributed by atoms with Crippen LogP contribution < -0.4 is 4.90 Å². The molecule has 5 nitrogen and oxygen atoms in total. The van der Waals surface area contributed by atoms with Gasteiger partial charge in [-0.2, -0.15) is 0 Å². The number of aryl methyl sites for hydroxylation is 1. The fourth-order valence-electron chi connectivity index (χ4n) is 4.14. The van der Waals surface area contributed by atoms with E-state index in [0.29, 0.717) is 5.91 Å². The summed E-state index contributed by atoms with van der Waals surface area (Å²) in [6.07, 6.45) is 1.86. The van der Waals surface area contributed by atoms with Gasteiger partial charge in [0.05, 0.1) is 10.7 Å². The first-order chi connectivity index (χ1) is 13.6. The minimum atomic E-state index is -0.214. The van der Waals surface area contributed by atoms with Gasteiger partial charge in [-0.1, -0.05) is 0 Å². The number of piperidine rings is 1. The topological polar surface area (TPSA) is 39.7 Å². The van der Waals surface area contributed by atoms with Crippen LogP contribution in [-0.4, -0.2) is 60.0 Å². The van der Waals surface area contributed by atoms with Gasteiger partial charge in [0.25, 0.3) is 0 Å². The Hall–Kier alpha value is -1.99. The van der Waals surface area contributed by atoms with Gasteiger partial charge in [0.1, 0.15) is 5.82 Å². The van der Waals surface area contributed by atoms with Gasteiger partial charge in [-0.15, -0.1) is 11.3 Å². The smallest absolute Gasteiger partial charge is 0.225 e. The van der Waals surface area contributed by atoms with E-state index >= 15 is 0 Å². The van der Waals surface area contributed by atoms with Crippen LogP contribution in [0.2, 0.25) is 0 Å². The summed E-state index contributed by atoms with van der Waals surface area (Å²) in [6, 6.07) is 6.61. The molecule has 0 saturated carbocycles. The Morgan fingerprint density at radius 1 is 1.11 bits per heavy atom. The lowest BCUT2D eigenvalue weighted by Crippen LogP contribution is -2.51. The second kappa shape index (κ2) is 8.57. The molecule has 2 aromatic rings. The molecule has 1 aromatic heterocycles. The van der Waals surface area contributed by atoms with Gasteiger partial charge in [0.2, 0.25) is 5.91 Å². The number of carbonyl (C=O) groups excluding carboxylic acids is 1. The summed E-state index contributed by atoms with van der Waals surface area (Å²) in [4.78, 5) is 24.1. The van der Waals surface area contributed by atoms with Crippen molar-refractivity contribution in [1.29, 1.82) is 0 Å². The number of anilines is 1. The second-order valence-corrected chi connectivity index (χ2v) is 8.76. The zero-order valence-corrected chi connectivity index (χ0v) is 17.1. The van der Waals surface area contributed by atoms with Crippen LogP contribution in [-0.2, 0) is 11.3 Å². The van der Waals surface area contributed by atoms with Gasteiger partial charge < -0.3 is 9.80 Å². The molecule has 0 spiro atoms. The van der Waals surface area contributed by atoms with Crippen LogP contribution in [0.25, 0.3) is 0 Å². The summed E-state index contributed by atoms with van der Waals surface area (Å²) >= 11 is 1.70. The van der Waals surface area contributed by atoms with Crippen molar-refractivity contribution in [3.8, 4) is 0 Å². The number of halogens is 1. The lowest BCUT2D eigenvalue weighted by Gasteiger charge is -2.39. The molecule has 2 aliphatic heterocycles. The molecule has 0 radical (unpaired) electrons. The molecule has 3 heterocycles. The number of likely N-dealkylation sites (tertiary alicyclic amines) is 1. The average molecular weight is 403 g/mol. The first-order valence-electron chi connectivity index (χ1n) is 10.0. The van der Waals surface area contributed by atoms with E-state index in [0.717, 1.165) is 75.0 Å². The molecule has 0 N–H and O–H groups in total. The number of rotatable bonds is 4. The highest BCUT2D eigenvalue weighted by Gasteiger charge is 2.30. The molecule has 150 valence electrons. The molecule has 0 aliphatic carbocycles. The van der Waals surface area contributed by atoms with Crippen molar-refractivity contribution in [2.24, 2.45) is 5.92 Å². The maximum absolute atomic E-state index is 13.1. The summed E-state index contributed by atoms with van der Waals surface area (Å²) in [7, 11) is 0. The molecule has 2 aliphatic rings. The molecule has 2 fully saturated rings. The maximum atomic E-state index is 13.1. The Labute approximate surface area is 169 Å². The standard InChI is InChI=1S/C21H27FN4OS/c1-16-23-19(15-28-16)14-24-8-6-17(7-9-24)21(27)26-12-10-25(11-13-26)20-4-2-18(22)3-5-20/h2-5,15,17H,6-14H2,1H3. The van der Waals surface area contributed by atoms with E-state index in [1.54, 1.807) is 11.3 Å². The van der Waals surface area contributed by atoms with Gasteiger partial charge in [0.15, 0.2) is 0 Å². The maximum Gasteiger partial charge on any atom is 0.225 e. The summed E-state index contributed by atoms with van der Waals surface area (Å²) in [5.41, 5.74) is 2.17. The first kappa shape index (κ1) is 19.3. The van der Waals surface area contributed by atoms with Gasteiger partial charge in [-0.25, -0.2) is 9.37 Å². The highest BCUT2D eigenvalue weighted by atomic mass is 32.1. The number of aromatic nitrogens is 1. The number of nitrogens with zero attached hydrogens (tertiary/aromatic N) is 4. The minimum Gasteiger partial charge on any atom is -0.368 e. The lowest BCUT2D eigenvalue weighted by atomic mass is 9.95. The van der Waals surface area contributed by atoms with Crippen LogP contribution in [0, 0.1) is 18.7 Å².